The number of nitrogens with one attached hydrogen (secondary N) is 4. The minimum absolute atomic E-state index is 0.109. The van der Waals surface area contributed by atoms with Crippen molar-refractivity contribution >= 4 is 34.7 Å². The van der Waals surface area contributed by atoms with Crippen LogP contribution in [-0.4, -0.2) is 48.4 Å². The molecule has 0 bridgehead atoms. The number of nitriles is 1. The molecule has 3 atom stereocenters. The molecule has 3 amide bonds. The Morgan fingerprint density at radius 3 is 2.76 bits per heavy atom. The third-order valence-electron chi connectivity index (χ3n) is 6.94. The number of aromatic amines is 1. The number of nitrogens with zero attached hydrogens (tertiary/aromatic N) is 1. The molecule has 2 aliphatic rings. The van der Waals surface area contributed by atoms with E-state index in [-0.39, 0.29) is 23.9 Å². The summed E-state index contributed by atoms with van der Waals surface area (Å²) in [4.78, 5) is 41.9. The highest BCUT2D eigenvalue weighted by atomic mass is 16.5. The molecule has 5 rings (SSSR count). The van der Waals surface area contributed by atoms with Gasteiger partial charge in [-0.3, -0.25) is 14.4 Å². The highest BCUT2D eigenvalue weighted by molar-refractivity contribution is 6.02. The molecule has 0 saturated carbocycles. The normalized spacial score (nSPS) is 17.8. The minimum Gasteiger partial charge on any atom is -0.496 e. The Morgan fingerprint density at radius 1 is 1.19 bits per heavy atom. The van der Waals surface area contributed by atoms with Gasteiger partial charge in [-0.15, -0.1) is 0 Å². The fraction of sp³-hybridized carbons (Fsp3) is 0.286. The number of hydrogen-bond acceptors (Lipinski definition) is 5. The van der Waals surface area contributed by atoms with Gasteiger partial charge >= 0.3 is 0 Å². The maximum Gasteiger partial charge on any atom is 0.268 e. The number of aromatic nitrogens is 1. The van der Waals surface area contributed by atoms with E-state index < -0.39 is 23.9 Å². The molecule has 1 fully saturated rings. The maximum absolute atomic E-state index is 13.5. The molecule has 1 aliphatic carbocycles. The number of benzene rings is 2. The van der Waals surface area contributed by atoms with Gasteiger partial charge in [0.15, 0.2) is 0 Å². The lowest BCUT2D eigenvalue weighted by atomic mass is 9.98. The van der Waals surface area contributed by atoms with Crippen LogP contribution in [0.5, 0.6) is 5.75 Å². The third kappa shape index (κ3) is 4.91. The summed E-state index contributed by atoms with van der Waals surface area (Å²) in [5, 5.41) is 18.8. The predicted molar refractivity (Wildman–Crippen MR) is 138 cm³/mol. The number of amides is 3. The summed E-state index contributed by atoms with van der Waals surface area (Å²) in [5.41, 5.74) is 3.78. The van der Waals surface area contributed by atoms with Crippen LogP contribution >= 0.6 is 0 Å². The summed E-state index contributed by atoms with van der Waals surface area (Å²) in [6.45, 7) is 0.564. The van der Waals surface area contributed by atoms with Crippen LogP contribution in [0, 0.1) is 17.2 Å². The standard InChI is InChI=1S/C28H27N5O4/c1-37-24-8-4-7-22-21(24)14-23(32-22)27(35)33-25(19-11-16-5-2-3-6-17(16)12-19)28(36)31-20(15-29)13-18-9-10-30-26(18)34/h2-8,11,14,18,20,25,32H,9-10,12-13H2,1H3,(H,30,34)(H,31,36)(H,33,35)/t18-,20-,25-/m0/s1. The quantitative estimate of drug-likeness (QED) is 0.379. The summed E-state index contributed by atoms with van der Waals surface area (Å²) in [5.74, 6) is -0.759. The molecule has 0 unspecified atom stereocenters. The summed E-state index contributed by atoms with van der Waals surface area (Å²) in [6.07, 6.45) is 3.24. The van der Waals surface area contributed by atoms with Crippen LogP contribution in [0.4, 0.5) is 0 Å². The zero-order valence-corrected chi connectivity index (χ0v) is 20.3. The fourth-order valence-corrected chi connectivity index (χ4v) is 5.01. The number of fused-ring (bicyclic) bond motifs is 2. The molecular formula is C28H27N5O4. The van der Waals surface area contributed by atoms with Gasteiger partial charge in [0.25, 0.3) is 5.91 Å². The molecule has 9 heteroatoms. The van der Waals surface area contributed by atoms with E-state index in [2.05, 4.69) is 27.0 Å². The van der Waals surface area contributed by atoms with E-state index in [1.807, 2.05) is 42.5 Å². The summed E-state index contributed by atoms with van der Waals surface area (Å²) in [7, 11) is 1.56. The molecule has 0 spiro atoms. The van der Waals surface area contributed by atoms with Gasteiger partial charge in [0.2, 0.25) is 11.8 Å². The van der Waals surface area contributed by atoms with Crippen LogP contribution in [0.2, 0.25) is 0 Å². The first-order chi connectivity index (χ1) is 18.0. The third-order valence-corrected chi connectivity index (χ3v) is 6.94. The number of hydrogen-bond donors (Lipinski definition) is 4. The van der Waals surface area contributed by atoms with Gasteiger partial charge in [-0.05, 0) is 54.2 Å². The minimum atomic E-state index is -0.999. The molecule has 37 heavy (non-hydrogen) atoms. The maximum atomic E-state index is 13.5. The Labute approximate surface area is 213 Å². The second-order valence-corrected chi connectivity index (χ2v) is 9.31. The predicted octanol–water partition coefficient (Wildman–Crippen LogP) is 2.45. The Hall–Kier alpha value is -4.58. The first kappa shape index (κ1) is 24.1. The zero-order chi connectivity index (χ0) is 25.9. The van der Waals surface area contributed by atoms with E-state index in [1.54, 1.807) is 19.2 Å². The van der Waals surface area contributed by atoms with Crippen LogP contribution < -0.4 is 20.7 Å². The lowest BCUT2D eigenvalue weighted by molar-refractivity contribution is -0.124. The number of ether oxygens (including phenoxy) is 1. The molecule has 0 radical (unpaired) electrons. The SMILES string of the molecule is COc1cccc2[nH]c(C(=O)N[C@H](C(=O)N[C@H](C#N)C[C@@H]3CCNC3=O)C3=Cc4ccccc4C3)cc12. The van der Waals surface area contributed by atoms with Gasteiger partial charge in [0.05, 0.1) is 13.2 Å². The first-order valence-electron chi connectivity index (χ1n) is 12.2. The molecular weight excluding hydrogens is 470 g/mol. The number of H-pyrrole nitrogens is 1. The van der Waals surface area contributed by atoms with E-state index in [0.717, 1.165) is 27.6 Å². The van der Waals surface area contributed by atoms with E-state index in [0.29, 0.717) is 25.1 Å². The molecule has 2 heterocycles. The molecule has 4 N–H and O–H groups in total. The van der Waals surface area contributed by atoms with Crippen molar-refractivity contribution in [3.8, 4) is 11.8 Å². The molecule has 188 valence electrons. The number of carbonyl (C=O) groups excluding carboxylic acids is 3. The van der Waals surface area contributed by atoms with Gasteiger partial charge in [0, 0.05) is 23.4 Å². The average Bonchev–Trinajstić information content (AvgIpc) is 3.64. The van der Waals surface area contributed by atoms with E-state index >= 15 is 0 Å². The van der Waals surface area contributed by atoms with Crippen molar-refractivity contribution in [2.24, 2.45) is 5.92 Å². The lowest BCUT2D eigenvalue weighted by Crippen LogP contribution is -2.51. The molecule has 2 aromatic carbocycles. The largest absolute Gasteiger partial charge is 0.496 e. The molecule has 1 aromatic heterocycles. The van der Waals surface area contributed by atoms with Gasteiger partial charge < -0.3 is 25.7 Å². The number of methoxy groups -OCH3 is 1. The van der Waals surface area contributed by atoms with Crippen LogP contribution in [-0.2, 0) is 16.0 Å². The Morgan fingerprint density at radius 2 is 2.03 bits per heavy atom. The van der Waals surface area contributed by atoms with Crippen LogP contribution in [0.1, 0.15) is 34.5 Å². The smallest absolute Gasteiger partial charge is 0.268 e. The van der Waals surface area contributed by atoms with Crippen molar-refractivity contribution in [3.63, 3.8) is 0 Å². The topological polar surface area (TPSA) is 136 Å². The van der Waals surface area contributed by atoms with Crippen molar-refractivity contribution in [2.45, 2.75) is 31.3 Å². The lowest BCUT2D eigenvalue weighted by Gasteiger charge is -2.22. The van der Waals surface area contributed by atoms with Crippen molar-refractivity contribution in [2.75, 3.05) is 13.7 Å². The van der Waals surface area contributed by atoms with Gasteiger partial charge in [-0.2, -0.15) is 5.26 Å². The Kier molecular flexibility index (Phi) is 6.64. The zero-order valence-electron chi connectivity index (χ0n) is 20.3. The Balaban J connectivity index is 1.39. The second kappa shape index (κ2) is 10.2. The van der Waals surface area contributed by atoms with Crippen LogP contribution in [0.15, 0.2) is 54.1 Å². The Bertz CT molecular complexity index is 1450. The number of carbonyl (C=O) groups is 3. The molecule has 1 saturated heterocycles. The van der Waals surface area contributed by atoms with Crippen molar-refractivity contribution in [3.05, 3.63) is 70.9 Å². The fourth-order valence-electron chi connectivity index (χ4n) is 5.01. The number of rotatable bonds is 8. The van der Waals surface area contributed by atoms with Crippen LogP contribution in [0.25, 0.3) is 17.0 Å². The summed E-state index contributed by atoms with van der Waals surface area (Å²) in [6, 6.07) is 15.2. The van der Waals surface area contributed by atoms with Crippen molar-refractivity contribution in [1.29, 1.82) is 5.26 Å². The van der Waals surface area contributed by atoms with Gasteiger partial charge in [-0.25, -0.2) is 0 Å². The van der Waals surface area contributed by atoms with Crippen LogP contribution in [0.3, 0.4) is 0 Å². The average molecular weight is 498 g/mol. The summed E-state index contributed by atoms with van der Waals surface area (Å²) >= 11 is 0. The van der Waals surface area contributed by atoms with Gasteiger partial charge in [0.1, 0.15) is 23.5 Å². The highest BCUT2D eigenvalue weighted by Gasteiger charge is 2.33. The monoisotopic (exact) mass is 497 g/mol. The van der Waals surface area contributed by atoms with E-state index in [1.165, 1.54) is 0 Å². The second-order valence-electron chi connectivity index (χ2n) is 9.31. The summed E-state index contributed by atoms with van der Waals surface area (Å²) < 4.78 is 5.39. The van der Waals surface area contributed by atoms with E-state index in [9.17, 15) is 19.6 Å². The van der Waals surface area contributed by atoms with Gasteiger partial charge in [-0.1, -0.05) is 36.4 Å². The molecule has 1 aliphatic heterocycles. The highest BCUT2D eigenvalue weighted by Crippen LogP contribution is 2.29. The van der Waals surface area contributed by atoms with Crippen molar-refractivity contribution < 1.29 is 19.1 Å². The molecule has 3 aromatic rings. The van der Waals surface area contributed by atoms with E-state index in [4.69, 9.17) is 4.74 Å². The molecule has 9 nitrogen and oxygen atoms in total. The first-order valence-corrected chi connectivity index (χ1v) is 12.2. The van der Waals surface area contributed by atoms with Crippen molar-refractivity contribution in [1.82, 2.24) is 20.9 Å².